The smallest absolute Gasteiger partial charge is 0.222 e. The molecule has 1 saturated carbocycles. The Kier molecular flexibility index (Phi) is 3.70. The summed E-state index contributed by atoms with van der Waals surface area (Å²) in [5.74, 6) is 0.0173. The highest BCUT2D eigenvalue weighted by Gasteiger charge is 2.47. The molecule has 5 heteroatoms. The lowest BCUT2D eigenvalue weighted by Gasteiger charge is -2.49. The lowest BCUT2D eigenvalue weighted by atomic mass is 9.64. The van der Waals surface area contributed by atoms with E-state index in [1.165, 1.54) is 0 Å². The van der Waals surface area contributed by atoms with E-state index in [4.69, 9.17) is 4.74 Å². The van der Waals surface area contributed by atoms with Crippen LogP contribution in [0.1, 0.15) is 26.7 Å². The van der Waals surface area contributed by atoms with E-state index in [1.54, 1.807) is 0 Å². The van der Waals surface area contributed by atoms with Crippen molar-refractivity contribution >= 4 is 5.91 Å². The van der Waals surface area contributed by atoms with Crippen molar-refractivity contribution in [2.75, 3.05) is 19.7 Å². The Hall–Kier alpha value is -0.650. The molecule has 0 aromatic heterocycles. The second-order valence-electron chi connectivity index (χ2n) is 5.59. The summed E-state index contributed by atoms with van der Waals surface area (Å²) >= 11 is 0. The zero-order valence-electron chi connectivity index (χ0n) is 10.5. The molecule has 98 valence electrons. The average Bonchev–Trinajstić information content (AvgIpc) is 2.30. The molecule has 0 bridgehead atoms. The molecule has 0 radical (unpaired) electrons. The van der Waals surface area contributed by atoms with Crippen molar-refractivity contribution in [2.45, 2.75) is 44.9 Å². The van der Waals surface area contributed by atoms with E-state index in [9.17, 15) is 9.90 Å². The van der Waals surface area contributed by atoms with Crippen molar-refractivity contribution in [3.8, 4) is 0 Å². The number of hydrogen-bond acceptors (Lipinski definition) is 4. The number of aliphatic hydroxyl groups is 1. The summed E-state index contributed by atoms with van der Waals surface area (Å²) in [6, 6.07) is 0.0848. The molecule has 1 aliphatic heterocycles. The van der Waals surface area contributed by atoms with Crippen molar-refractivity contribution in [2.24, 2.45) is 5.41 Å². The predicted octanol–water partition coefficient (Wildman–Crippen LogP) is -0.359. The highest BCUT2D eigenvalue weighted by atomic mass is 16.5. The van der Waals surface area contributed by atoms with Crippen molar-refractivity contribution in [1.82, 2.24) is 10.6 Å². The van der Waals surface area contributed by atoms with Crippen LogP contribution in [0.5, 0.6) is 0 Å². The first-order valence-corrected chi connectivity index (χ1v) is 6.30. The maximum absolute atomic E-state index is 11.8. The van der Waals surface area contributed by atoms with Gasteiger partial charge in [-0.1, -0.05) is 13.8 Å². The van der Waals surface area contributed by atoms with E-state index in [-0.39, 0.29) is 29.6 Å². The van der Waals surface area contributed by atoms with Crippen molar-refractivity contribution in [3.63, 3.8) is 0 Å². The molecule has 2 fully saturated rings. The minimum Gasteiger partial charge on any atom is -0.392 e. The Morgan fingerprint density at radius 3 is 2.88 bits per heavy atom. The Labute approximate surface area is 102 Å². The van der Waals surface area contributed by atoms with Gasteiger partial charge in [0.25, 0.3) is 0 Å². The van der Waals surface area contributed by atoms with Gasteiger partial charge in [0.2, 0.25) is 5.91 Å². The van der Waals surface area contributed by atoms with Crippen molar-refractivity contribution < 1.29 is 14.6 Å². The van der Waals surface area contributed by atoms with E-state index >= 15 is 0 Å². The summed E-state index contributed by atoms with van der Waals surface area (Å²) in [6.45, 7) is 6.23. The average molecular weight is 242 g/mol. The van der Waals surface area contributed by atoms with Gasteiger partial charge in [-0.2, -0.15) is 0 Å². The molecule has 0 aromatic carbocycles. The normalized spacial score (nSPS) is 36.1. The Morgan fingerprint density at radius 2 is 2.35 bits per heavy atom. The monoisotopic (exact) mass is 242 g/mol. The second kappa shape index (κ2) is 4.92. The summed E-state index contributed by atoms with van der Waals surface area (Å²) < 4.78 is 5.48. The molecule has 17 heavy (non-hydrogen) atoms. The lowest BCUT2D eigenvalue weighted by Crippen LogP contribution is -2.61. The Balaban J connectivity index is 1.74. The first-order chi connectivity index (χ1) is 8.00. The highest BCUT2D eigenvalue weighted by Crippen LogP contribution is 2.40. The van der Waals surface area contributed by atoms with Gasteiger partial charge in [0.05, 0.1) is 25.2 Å². The SMILES string of the molecule is CC1(C)C(O)CC1NC(=O)CC1CNCCO1. The van der Waals surface area contributed by atoms with Crippen LogP contribution in [0.15, 0.2) is 0 Å². The van der Waals surface area contributed by atoms with Crippen LogP contribution in [0.3, 0.4) is 0 Å². The largest absolute Gasteiger partial charge is 0.392 e. The summed E-state index contributed by atoms with van der Waals surface area (Å²) in [7, 11) is 0. The third-order valence-electron chi connectivity index (χ3n) is 3.97. The molecule has 3 unspecified atom stereocenters. The van der Waals surface area contributed by atoms with Gasteiger partial charge in [-0.25, -0.2) is 0 Å². The van der Waals surface area contributed by atoms with Crippen molar-refractivity contribution in [1.29, 1.82) is 0 Å². The molecule has 2 rings (SSSR count). The van der Waals surface area contributed by atoms with Crippen LogP contribution in [0, 0.1) is 5.41 Å². The zero-order chi connectivity index (χ0) is 12.5. The molecule has 3 N–H and O–H groups in total. The maximum atomic E-state index is 11.8. The fraction of sp³-hybridized carbons (Fsp3) is 0.917. The van der Waals surface area contributed by atoms with Gasteiger partial charge in [-0.15, -0.1) is 0 Å². The van der Waals surface area contributed by atoms with Gasteiger partial charge in [0.15, 0.2) is 0 Å². The summed E-state index contributed by atoms with van der Waals surface area (Å²) in [5, 5.41) is 15.8. The number of nitrogens with one attached hydrogen (secondary N) is 2. The number of hydrogen-bond donors (Lipinski definition) is 3. The fourth-order valence-corrected chi connectivity index (χ4v) is 2.36. The number of aliphatic hydroxyl groups excluding tert-OH is 1. The van der Waals surface area contributed by atoms with E-state index in [2.05, 4.69) is 10.6 Å². The van der Waals surface area contributed by atoms with Gasteiger partial charge in [-0.05, 0) is 6.42 Å². The molecule has 0 aromatic rings. The first-order valence-electron chi connectivity index (χ1n) is 6.30. The number of carbonyl (C=O) groups excluding carboxylic acids is 1. The van der Waals surface area contributed by atoms with Gasteiger partial charge >= 0.3 is 0 Å². The fourth-order valence-electron chi connectivity index (χ4n) is 2.36. The third kappa shape index (κ3) is 2.78. The summed E-state index contributed by atoms with van der Waals surface area (Å²) in [4.78, 5) is 11.8. The molecular formula is C12H22N2O3. The van der Waals surface area contributed by atoms with E-state index in [0.29, 0.717) is 19.4 Å². The molecule has 2 aliphatic rings. The van der Waals surface area contributed by atoms with E-state index in [1.807, 2.05) is 13.8 Å². The molecule has 1 amide bonds. The molecule has 1 saturated heterocycles. The molecule has 0 spiro atoms. The lowest BCUT2D eigenvalue weighted by molar-refractivity contribution is -0.132. The molecule has 1 aliphatic carbocycles. The van der Waals surface area contributed by atoms with Crippen molar-refractivity contribution in [3.05, 3.63) is 0 Å². The van der Waals surface area contributed by atoms with Crippen LogP contribution in [-0.2, 0) is 9.53 Å². The van der Waals surface area contributed by atoms with E-state index < -0.39 is 0 Å². The number of carbonyl (C=O) groups is 1. The topological polar surface area (TPSA) is 70.6 Å². The Morgan fingerprint density at radius 1 is 1.59 bits per heavy atom. The number of amides is 1. The highest BCUT2D eigenvalue weighted by molar-refractivity contribution is 5.77. The first kappa shape index (κ1) is 12.8. The van der Waals surface area contributed by atoms with Crippen LogP contribution in [0.2, 0.25) is 0 Å². The predicted molar refractivity (Wildman–Crippen MR) is 63.6 cm³/mol. The minimum atomic E-state index is -0.305. The number of rotatable bonds is 3. The third-order valence-corrected chi connectivity index (χ3v) is 3.97. The van der Waals surface area contributed by atoms with Gasteiger partial charge < -0.3 is 20.5 Å². The second-order valence-corrected chi connectivity index (χ2v) is 5.59. The van der Waals surface area contributed by atoms with Crippen LogP contribution < -0.4 is 10.6 Å². The van der Waals surface area contributed by atoms with Crippen LogP contribution in [-0.4, -0.2) is 49.0 Å². The zero-order valence-corrected chi connectivity index (χ0v) is 10.5. The van der Waals surface area contributed by atoms with Gasteiger partial charge in [-0.3, -0.25) is 4.79 Å². The summed E-state index contributed by atoms with van der Waals surface area (Å²) in [5.41, 5.74) is -0.207. The number of ether oxygens (including phenoxy) is 1. The molecule has 5 nitrogen and oxygen atoms in total. The molecule has 1 heterocycles. The van der Waals surface area contributed by atoms with Crippen LogP contribution in [0.25, 0.3) is 0 Å². The standard InChI is InChI=1S/C12H22N2O3/c1-12(2)9(6-10(12)15)14-11(16)5-8-7-13-3-4-17-8/h8-10,13,15H,3-7H2,1-2H3,(H,14,16). The van der Waals surface area contributed by atoms with Crippen LogP contribution >= 0.6 is 0 Å². The van der Waals surface area contributed by atoms with Gasteiger partial charge in [0.1, 0.15) is 0 Å². The molecule has 3 atom stereocenters. The van der Waals surface area contributed by atoms with Gasteiger partial charge in [0, 0.05) is 24.5 Å². The number of morpholine rings is 1. The Bertz CT molecular complexity index is 287. The summed E-state index contributed by atoms with van der Waals surface area (Å²) in [6.07, 6.45) is 0.732. The maximum Gasteiger partial charge on any atom is 0.222 e. The van der Waals surface area contributed by atoms with Crippen LogP contribution in [0.4, 0.5) is 0 Å². The quantitative estimate of drug-likeness (QED) is 0.632. The van der Waals surface area contributed by atoms with E-state index in [0.717, 1.165) is 13.1 Å². The minimum absolute atomic E-state index is 0.0168. The molecular weight excluding hydrogens is 220 g/mol.